The van der Waals surface area contributed by atoms with Crippen LogP contribution in [-0.4, -0.2) is 50.0 Å². The van der Waals surface area contributed by atoms with Crippen LogP contribution in [0.2, 0.25) is 20.1 Å². The number of hydrogen-bond donors (Lipinski definition) is 1. The average molecular weight is 569 g/mol. The zero-order chi connectivity index (χ0) is 25.8. The van der Waals surface area contributed by atoms with Crippen LogP contribution in [0.1, 0.15) is 26.3 Å². The molecule has 1 atom stereocenters. The lowest BCUT2D eigenvalue weighted by Gasteiger charge is -2.32. The molecule has 1 unspecified atom stereocenters. The van der Waals surface area contributed by atoms with Gasteiger partial charge in [0.05, 0.1) is 27.0 Å². The first-order chi connectivity index (χ1) is 15.7. The van der Waals surface area contributed by atoms with E-state index in [0.717, 1.165) is 10.6 Å². The Bertz CT molecular complexity index is 1170. The zero-order valence-electron chi connectivity index (χ0n) is 19.0. The summed E-state index contributed by atoms with van der Waals surface area (Å²) >= 11 is 24.5. The lowest BCUT2D eigenvalue weighted by Crippen LogP contribution is -2.52. The Morgan fingerprint density at radius 2 is 1.53 bits per heavy atom. The molecule has 0 aromatic heterocycles. The maximum absolute atomic E-state index is 13.5. The van der Waals surface area contributed by atoms with Crippen LogP contribution in [0.15, 0.2) is 36.4 Å². The molecule has 186 valence electrons. The van der Waals surface area contributed by atoms with Crippen molar-refractivity contribution >= 4 is 73.9 Å². The van der Waals surface area contributed by atoms with Crippen LogP contribution < -0.4 is 9.62 Å². The molecule has 2 rings (SSSR count). The number of carbonyl (C=O) groups is 2. The lowest BCUT2D eigenvalue weighted by molar-refractivity contribution is -0.139. The van der Waals surface area contributed by atoms with Crippen LogP contribution in [0.5, 0.6) is 0 Å². The van der Waals surface area contributed by atoms with Gasteiger partial charge in [0.15, 0.2) is 0 Å². The second-order valence-corrected chi connectivity index (χ2v) is 11.5. The molecule has 2 aromatic rings. The molecular weight excluding hydrogens is 544 g/mol. The number of nitrogens with zero attached hydrogens (tertiary/aromatic N) is 2. The first kappa shape index (κ1) is 28.5. The van der Waals surface area contributed by atoms with Crippen LogP contribution in [0.4, 0.5) is 5.69 Å². The van der Waals surface area contributed by atoms with Gasteiger partial charge in [0.25, 0.3) is 0 Å². The van der Waals surface area contributed by atoms with Gasteiger partial charge in [-0.25, -0.2) is 8.42 Å². The summed E-state index contributed by atoms with van der Waals surface area (Å²) in [7, 11) is -3.97. The van der Waals surface area contributed by atoms with Gasteiger partial charge < -0.3 is 10.2 Å². The van der Waals surface area contributed by atoms with Crippen LogP contribution in [0.3, 0.4) is 0 Å². The Balaban J connectivity index is 2.48. The van der Waals surface area contributed by atoms with Crippen molar-refractivity contribution in [3.8, 4) is 0 Å². The molecule has 0 radical (unpaired) electrons. The zero-order valence-corrected chi connectivity index (χ0v) is 22.8. The van der Waals surface area contributed by atoms with Crippen molar-refractivity contribution in [1.29, 1.82) is 0 Å². The number of rotatable bonds is 9. The van der Waals surface area contributed by atoms with Gasteiger partial charge in [0.1, 0.15) is 12.6 Å². The van der Waals surface area contributed by atoms with Crippen LogP contribution >= 0.6 is 46.4 Å². The maximum Gasteiger partial charge on any atom is 0.244 e. The smallest absolute Gasteiger partial charge is 0.244 e. The first-order valence-electron chi connectivity index (χ1n) is 10.2. The predicted molar refractivity (Wildman–Crippen MR) is 138 cm³/mol. The number of halogens is 4. The Hall–Kier alpha value is -1.71. The minimum Gasteiger partial charge on any atom is -0.352 e. The number of hydrogen-bond acceptors (Lipinski definition) is 4. The van der Waals surface area contributed by atoms with Gasteiger partial charge in [0.2, 0.25) is 21.8 Å². The normalized spacial score (nSPS) is 12.4. The molecule has 0 fully saturated rings. The number of amides is 2. The predicted octanol–water partition coefficient (Wildman–Crippen LogP) is 5.01. The van der Waals surface area contributed by atoms with Crippen molar-refractivity contribution in [2.24, 2.45) is 0 Å². The number of nitrogens with one attached hydrogen (secondary N) is 1. The van der Waals surface area contributed by atoms with E-state index in [0.29, 0.717) is 10.6 Å². The first-order valence-corrected chi connectivity index (χ1v) is 13.5. The summed E-state index contributed by atoms with van der Waals surface area (Å²) in [6, 6.07) is 8.37. The van der Waals surface area contributed by atoms with Crippen molar-refractivity contribution in [1.82, 2.24) is 10.2 Å². The van der Waals surface area contributed by atoms with Crippen molar-refractivity contribution < 1.29 is 18.0 Å². The lowest BCUT2D eigenvalue weighted by atomic mass is 10.1. The molecule has 2 amide bonds. The topological polar surface area (TPSA) is 86.8 Å². The molecular formula is C22H25Cl4N3O4S. The Kier molecular flexibility index (Phi) is 9.91. The third-order valence-electron chi connectivity index (χ3n) is 4.83. The quantitative estimate of drug-likeness (QED) is 0.431. The van der Waals surface area contributed by atoms with E-state index in [9.17, 15) is 18.0 Å². The molecule has 12 heteroatoms. The fourth-order valence-electron chi connectivity index (χ4n) is 3.10. The van der Waals surface area contributed by atoms with E-state index in [4.69, 9.17) is 46.4 Å². The summed E-state index contributed by atoms with van der Waals surface area (Å²) in [6.07, 6.45) is 0.937. The van der Waals surface area contributed by atoms with Gasteiger partial charge in [-0.15, -0.1) is 0 Å². The molecule has 1 N–H and O–H groups in total. The fraction of sp³-hybridized carbons (Fsp3) is 0.364. The van der Waals surface area contributed by atoms with Gasteiger partial charge in [-0.2, -0.15) is 0 Å². The molecule has 0 heterocycles. The highest BCUT2D eigenvalue weighted by Gasteiger charge is 2.31. The van der Waals surface area contributed by atoms with Crippen molar-refractivity contribution in [3.63, 3.8) is 0 Å². The molecule has 7 nitrogen and oxygen atoms in total. The second kappa shape index (κ2) is 11.8. The summed E-state index contributed by atoms with van der Waals surface area (Å²) in [5, 5.41) is 3.37. The molecule has 0 bridgehead atoms. The molecule has 0 aliphatic rings. The van der Waals surface area contributed by atoms with Crippen LogP contribution in [0.25, 0.3) is 0 Å². The van der Waals surface area contributed by atoms with Gasteiger partial charge in [-0.1, -0.05) is 64.6 Å². The molecule has 0 spiro atoms. The highest BCUT2D eigenvalue weighted by Crippen LogP contribution is 2.35. The molecule has 0 aliphatic carbocycles. The molecule has 0 aliphatic heterocycles. The molecule has 34 heavy (non-hydrogen) atoms. The standard InChI is InChI=1S/C22H25Cl4N3O4S/c1-13(2)27-22(31)14(3)28(11-15-7-5-6-8-16(15)23)21(30)12-29(34(4,32)33)20-10-18(25)17(24)9-19(20)26/h5-10,13-14H,11-12H2,1-4H3,(H,27,31). The minimum absolute atomic E-state index is 0.00382. The van der Waals surface area contributed by atoms with Gasteiger partial charge >= 0.3 is 0 Å². The van der Waals surface area contributed by atoms with E-state index in [1.165, 1.54) is 17.0 Å². The van der Waals surface area contributed by atoms with Crippen molar-refractivity contribution in [2.75, 3.05) is 17.1 Å². The maximum atomic E-state index is 13.5. The summed E-state index contributed by atoms with van der Waals surface area (Å²) in [4.78, 5) is 27.5. The Morgan fingerprint density at radius 3 is 2.09 bits per heavy atom. The van der Waals surface area contributed by atoms with E-state index in [1.54, 1.807) is 45.0 Å². The fourth-order valence-corrected chi connectivity index (χ4v) is 4.84. The van der Waals surface area contributed by atoms with E-state index < -0.39 is 34.4 Å². The summed E-state index contributed by atoms with van der Waals surface area (Å²) in [6.45, 7) is 4.51. The van der Waals surface area contributed by atoms with Crippen LogP contribution in [-0.2, 0) is 26.2 Å². The molecule has 0 saturated heterocycles. The molecule has 2 aromatic carbocycles. The second-order valence-electron chi connectivity index (χ2n) is 7.94. The summed E-state index contributed by atoms with van der Waals surface area (Å²) in [5.41, 5.74) is 0.587. The monoisotopic (exact) mass is 567 g/mol. The number of carbonyl (C=O) groups excluding carboxylic acids is 2. The highest BCUT2D eigenvalue weighted by molar-refractivity contribution is 7.92. The summed E-state index contributed by atoms with van der Waals surface area (Å²) in [5.74, 6) is -1.03. The van der Waals surface area contributed by atoms with Gasteiger partial charge in [-0.3, -0.25) is 13.9 Å². The van der Waals surface area contributed by atoms with E-state index in [-0.39, 0.29) is 33.3 Å². The average Bonchev–Trinajstić information content (AvgIpc) is 2.72. The minimum atomic E-state index is -3.97. The highest BCUT2D eigenvalue weighted by atomic mass is 35.5. The molecule has 0 saturated carbocycles. The number of benzene rings is 2. The Morgan fingerprint density at radius 1 is 0.941 bits per heavy atom. The third kappa shape index (κ3) is 7.39. The van der Waals surface area contributed by atoms with E-state index >= 15 is 0 Å². The van der Waals surface area contributed by atoms with Crippen molar-refractivity contribution in [2.45, 2.75) is 39.4 Å². The SMILES string of the molecule is CC(C)NC(=O)C(C)N(Cc1ccccc1Cl)C(=O)CN(c1cc(Cl)c(Cl)cc1Cl)S(C)(=O)=O. The van der Waals surface area contributed by atoms with Crippen LogP contribution in [0, 0.1) is 0 Å². The van der Waals surface area contributed by atoms with E-state index in [1.807, 2.05) is 0 Å². The largest absolute Gasteiger partial charge is 0.352 e. The van der Waals surface area contributed by atoms with E-state index in [2.05, 4.69) is 5.32 Å². The van der Waals surface area contributed by atoms with Gasteiger partial charge in [-0.05, 0) is 44.5 Å². The summed E-state index contributed by atoms with van der Waals surface area (Å²) < 4.78 is 26.1. The third-order valence-corrected chi connectivity index (χ3v) is 7.35. The number of anilines is 1. The Labute approximate surface area is 220 Å². The van der Waals surface area contributed by atoms with Gasteiger partial charge in [0, 0.05) is 17.6 Å². The number of sulfonamides is 1. The van der Waals surface area contributed by atoms with Crippen molar-refractivity contribution in [3.05, 3.63) is 62.1 Å².